The van der Waals surface area contributed by atoms with Gasteiger partial charge in [0.15, 0.2) is 0 Å². The topological polar surface area (TPSA) is 29.3 Å². The Balaban J connectivity index is 2.09. The van der Waals surface area contributed by atoms with E-state index in [1.807, 2.05) is 11.3 Å². The van der Waals surface area contributed by atoms with Crippen molar-refractivity contribution in [2.45, 2.75) is 65.0 Å². The van der Waals surface area contributed by atoms with Gasteiger partial charge in [0.2, 0.25) is 0 Å². The fourth-order valence-electron chi connectivity index (χ4n) is 3.58. The molecule has 0 radical (unpaired) electrons. The molecular weight excluding hydrogens is 264 g/mol. The molecule has 1 saturated heterocycles. The minimum atomic E-state index is 0.254. The van der Waals surface area contributed by atoms with Gasteiger partial charge in [-0.05, 0) is 49.2 Å². The number of nitrogens with two attached hydrogens (primary N) is 1. The predicted octanol–water partition coefficient (Wildman–Crippen LogP) is 4.43. The summed E-state index contributed by atoms with van der Waals surface area (Å²) in [6.07, 6.45) is 6.35. The molecule has 1 fully saturated rings. The van der Waals surface area contributed by atoms with Crippen molar-refractivity contribution < 1.29 is 0 Å². The zero-order valence-corrected chi connectivity index (χ0v) is 14.1. The van der Waals surface area contributed by atoms with E-state index in [1.54, 1.807) is 0 Å². The third-order valence-corrected chi connectivity index (χ3v) is 6.41. The molecule has 0 spiro atoms. The van der Waals surface area contributed by atoms with Crippen molar-refractivity contribution in [2.24, 2.45) is 11.1 Å². The van der Waals surface area contributed by atoms with E-state index in [0.29, 0.717) is 11.5 Å². The van der Waals surface area contributed by atoms with Gasteiger partial charge in [0, 0.05) is 10.9 Å². The summed E-state index contributed by atoms with van der Waals surface area (Å²) >= 11 is 1.86. The molecule has 2 unspecified atom stereocenters. The third kappa shape index (κ3) is 3.26. The number of thiophene rings is 1. The Hall–Kier alpha value is -0.380. The van der Waals surface area contributed by atoms with Crippen LogP contribution in [-0.4, -0.2) is 24.0 Å². The first-order valence-electron chi connectivity index (χ1n) is 8.18. The van der Waals surface area contributed by atoms with Crippen LogP contribution in [-0.2, 0) is 0 Å². The second-order valence-electron chi connectivity index (χ2n) is 6.28. The number of hydrogen-bond donors (Lipinski definition) is 1. The van der Waals surface area contributed by atoms with Gasteiger partial charge in [-0.3, -0.25) is 4.90 Å². The van der Waals surface area contributed by atoms with Crippen molar-refractivity contribution in [3.05, 3.63) is 22.4 Å². The Morgan fingerprint density at radius 3 is 2.35 bits per heavy atom. The van der Waals surface area contributed by atoms with E-state index in [4.69, 9.17) is 5.73 Å². The lowest BCUT2D eigenvalue weighted by molar-refractivity contribution is 0.0574. The molecule has 2 nitrogen and oxygen atoms in total. The molecular formula is C17H30N2S. The smallest absolute Gasteiger partial charge is 0.0593 e. The Bertz CT molecular complexity index is 374. The molecule has 2 N–H and O–H groups in total. The summed E-state index contributed by atoms with van der Waals surface area (Å²) in [5, 5.41) is 2.18. The first-order valence-corrected chi connectivity index (χ1v) is 9.06. The summed E-state index contributed by atoms with van der Waals surface area (Å²) in [4.78, 5) is 4.09. The van der Waals surface area contributed by atoms with Gasteiger partial charge in [0.1, 0.15) is 0 Å². The van der Waals surface area contributed by atoms with Crippen LogP contribution in [0.5, 0.6) is 0 Å². The summed E-state index contributed by atoms with van der Waals surface area (Å²) in [7, 11) is 0. The maximum atomic E-state index is 6.44. The first kappa shape index (κ1) is 16.0. The van der Waals surface area contributed by atoms with Gasteiger partial charge in [-0.15, -0.1) is 11.3 Å². The van der Waals surface area contributed by atoms with Gasteiger partial charge in [-0.25, -0.2) is 0 Å². The normalized spacial score (nSPS) is 22.6. The van der Waals surface area contributed by atoms with E-state index < -0.39 is 0 Å². The molecule has 20 heavy (non-hydrogen) atoms. The van der Waals surface area contributed by atoms with Crippen molar-refractivity contribution in [2.75, 3.05) is 13.1 Å². The monoisotopic (exact) mass is 294 g/mol. The van der Waals surface area contributed by atoms with Crippen LogP contribution in [0.3, 0.4) is 0 Å². The molecule has 1 aromatic heterocycles. The highest BCUT2D eigenvalue weighted by Crippen LogP contribution is 2.41. The molecule has 1 aromatic rings. The van der Waals surface area contributed by atoms with Gasteiger partial charge in [0.25, 0.3) is 0 Å². The molecule has 0 amide bonds. The Morgan fingerprint density at radius 2 is 1.90 bits per heavy atom. The Labute approximate surface area is 128 Å². The van der Waals surface area contributed by atoms with Crippen molar-refractivity contribution in [3.63, 3.8) is 0 Å². The minimum absolute atomic E-state index is 0.254. The zero-order valence-electron chi connectivity index (χ0n) is 13.3. The molecule has 0 bridgehead atoms. The third-order valence-electron chi connectivity index (χ3n) is 5.46. The maximum Gasteiger partial charge on any atom is 0.0593 e. The highest BCUT2D eigenvalue weighted by molar-refractivity contribution is 7.10. The van der Waals surface area contributed by atoms with Crippen LogP contribution in [0.25, 0.3) is 0 Å². The van der Waals surface area contributed by atoms with Crippen LogP contribution in [0.1, 0.15) is 63.8 Å². The van der Waals surface area contributed by atoms with E-state index in [-0.39, 0.29) is 6.04 Å². The first-order chi connectivity index (χ1) is 9.65. The molecule has 0 saturated carbocycles. The summed E-state index contributed by atoms with van der Waals surface area (Å²) in [5.74, 6) is 0. The zero-order chi connectivity index (χ0) is 14.6. The summed E-state index contributed by atoms with van der Waals surface area (Å²) < 4.78 is 0. The van der Waals surface area contributed by atoms with Crippen LogP contribution in [0, 0.1) is 5.41 Å². The minimum Gasteiger partial charge on any atom is -0.326 e. The highest BCUT2D eigenvalue weighted by Gasteiger charge is 2.35. The van der Waals surface area contributed by atoms with Crippen LogP contribution < -0.4 is 5.73 Å². The number of likely N-dealkylation sites (tertiary alicyclic amines) is 1. The quantitative estimate of drug-likeness (QED) is 0.841. The van der Waals surface area contributed by atoms with Crippen LogP contribution >= 0.6 is 11.3 Å². The molecule has 0 aliphatic carbocycles. The van der Waals surface area contributed by atoms with Crippen LogP contribution in [0.15, 0.2) is 17.5 Å². The van der Waals surface area contributed by atoms with Gasteiger partial charge >= 0.3 is 0 Å². The maximum absolute atomic E-state index is 6.44. The number of piperidine rings is 1. The molecule has 3 heteroatoms. The number of nitrogens with zero attached hydrogens (tertiary/aromatic N) is 1. The van der Waals surface area contributed by atoms with E-state index in [9.17, 15) is 0 Å². The highest BCUT2D eigenvalue weighted by atomic mass is 32.1. The Kier molecular flexibility index (Phi) is 5.65. The number of rotatable bonds is 6. The van der Waals surface area contributed by atoms with Gasteiger partial charge in [-0.1, -0.05) is 39.7 Å². The van der Waals surface area contributed by atoms with E-state index in [0.717, 1.165) is 6.42 Å². The van der Waals surface area contributed by atoms with E-state index in [1.165, 1.54) is 43.6 Å². The largest absolute Gasteiger partial charge is 0.326 e. The number of hydrogen-bond acceptors (Lipinski definition) is 3. The molecule has 2 atom stereocenters. The lowest BCUT2D eigenvalue weighted by Gasteiger charge is -2.45. The Morgan fingerprint density at radius 1 is 1.25 bits per heavy atom. The molecule has 114 valence electrons. The molecule has 1 aliphatic rings. The van der Waals surface area contributed by atoms with Crippen LogP contribution in [0.4, 0.5) is 0 Å². The fourth-order valence-corrected chi connectivity index (χ4v) is 4.51. The van der Waals surface area contributed by atoms with Crippen molar-refractivity contribution in [3.8, 4) is 0 Å². The molecule has 2 rings (SSSR count). The van der Waals surface area contributed by atoms with Crippen molar-refractivity contribution in [1.29, 1.82) is 0 Å². The summed E-state index contributed by atoms with van der Waals surface area (Å²) in [6.45, 7) is 9.33. The van der Waals surface area contributed by atoms with Gasteiger partial charge in [0.05, 0.1) is 6.04 Å². The molecule has 2 heterocycles. The molecule has 1 aliphatic heterocycles. The second kappa shape index (κ2) is 7.06. The summed E-state index contributed by atoms with van der Waals surface area (Å²) in [5.41, 5.74) is 7.03. The van der Waals surface area contributed by atoms with Crippen LogP contribution in [0.2, 0.25) is 0 Å². The standard InChI is InChI=1S/C17H30N2S/c1-4-14(18)16(15-8-7-13-20-15)19-11-9-17(5-2,6-3)10-12-19/h7-8,13-14,16H,4-6,9-12,18H2,1-3H3. The molecule has 0 aromatic carbocycles. The summed E-state index contributed by atoms with van der Waals surface area (Å²) in [6, 6.07) is 5.09. The van der Waals surface area contributed by atoms with Gasteiger partial charge in [-0.2, -0.15) is 0 Å². The lowest BCUT2D eigenvalue weighted by atomic mass is 9.74. The predicted molar refractivity (Wildman–Crippen MR) is 89.1 cm³/mol. The van der Waals surface area contributed by atoms with Gasteiger partial charge < -0.3 is 5.73 Å². The van der Waals surface area contributed by atoms with Crippen molar-refractivity contribution >= 4 is 11.3 Å². The lowest BCUT2D eigenvalue weighted by Crippen LogP contribution is -2.46. The van der Waals surface area contributed by atoms with E-state index in [2.05, 4.69) is 43.2 Å². The fraction of sp³-hybridized carbons (Fsp3) is 0.765. The van der Waals surface area contributed by atoms with E-state index >= 15 is 0 Å². The average molecular weight is 295 g/mol. The SMILES string of the molecule is CCC(N)C(c1cccs1)N1CCC(CC)(CC)CC1. The second-order valence-corrected chi connectivity index (χ2v) is 7.25. The average Bonchev–Trinajstić information content (AvgIpc) is 3.02. The van der Waals surface area contributed by atoms with Crippen molar-refractivity contribution in [1.82, 2.24) is 4.90 Å².